The van der Waals surface area contributed by atoms with E-state index in [0.717, 1.165) is 32.0 Å². The summed E-state index contributed by atoms with van der Waals surface area (Å²) >= 11 is 0. The Hall–Kier alpha value is -2.93. The maximum Gasteiger partial charge on any atom is 0.251 e. The van der Waals surface area contributed by atoms with Gasteiger partial charge in [0.1, 0.15) is 11.6 Å². The SMILES string of the molecule is COc1ccccc1N1C(=O)CC(N2CCN(c3ccccn3)CC2)C1=O. The van der Waals surface area contributed by atoms with E-state index in [-0.39, 0.29) is 18.2 Å². The number of ether oxygens (including phenoxy) is 1. The van der Waals surface area contributed by atoms with Gasteiger partial charge < -0.3 is 9.64 Å². The molecule has 3 heterocycles. The largest absolute Gasteiger partial charge is 0.495 e. The van der Waals surface area contributed by atoms with Crippen LogP contribution in [0.15, 0.2) is 48.7 Å². The summed E-state index contributed by atoms with van der Waals surface area (Å²) in [4.78, 5) is 35.6. The Morgan fingerprint density at radius 1 is 1.00 bits per heavy atom. The highest BCUT2D eigenvalue weighted by Gasteiger charge is 2.44. The Morgan fingerprint density at radius 2 is 1.74 bits per heavy atom. The fraction of sp³-hybridized carbons (Fsp3) is 0.350. The maximum absolute atomic E-state index is 13.0. The number of rotatable bonds is 4. The number of para-hydroxylation sites is 2. The lowest BCUT2D eigenvalue weighted by Gasteiger charge is -2.37. The number of carbonyl (C=O) groups excluding carboxylic acids is 2. The monoisotopic (exact) mass is 366 g/mol. The highest BCUT2D eigenvalue weighted by Crippen LogP contribution is 2.33. The number of hydrogen-bond acceptors (Lipinski definition) is 6. The van der Waals surface area contributed by atoms with E-state index in [2.05, 4.69) is 14.8 Å². The van der Waals surface area contributed by atoms with Gasteiger partial charge in [0.2, 0.25) is 5.91 Å². The molecular formula is C20H22N4O3. The second kappa shape index (κ2) is 7.36. The molecule has 0 bridgehead atoms. The Labute approximate surface area is 158 Å². The van der Waals surface area contributed by atoms with Gasteiger partial charge in [-0.15, -0.1) is 0 Å². The molecule has 0 spiro atoms. The van der Waals surface area contributed by atoms with Gasteiger partial charge in [0.05, 0.1) is 25.3 Å². The topological polar surface area (TPSA) is 66.0 Å². The van der Waals surface area contributed by atoms with Crippen molar-refractivity contribution in [1.82, 2.24) is 9.88 Å². The third-order valence-corrected chi connectivity index (χ3v) is 5.18. The van der Waals surface area contributed by atoms with Crippen LogP contribution in [-0.4, -0.2) is 61.0 Å². The first kappa shape index (κ1) is 17.5. The van der Waals surface area contributed by atoms with E-state index in [1.165, 1.54) is 12.0 Å². The van der Waals surface area contributed by atoms with E-state index < -0.39 is 6.04 Å². The normalized spacial score (nSPS) is 21.0. The van der Waals surface area contributed by atoms with E-state index >= 15 is 0 Å². The van der Waals surface area contributed by atoms with Crippen LogP contribution in [0.4, 0.5) is 11.5 Å². The predicted molar refractivity (Wildman–Crippen MR) is 102 cm³/mol. The third-order valence-electron chi connectivity index (χ3n) is 5.18. The molecule has 1 aromatic heterocycles. The Morgan fingerprint density at radius 3 is 2.44 bits per heavy atom. The number of aromatic nitrogens is 1. The quantitative estimate of drug-likeness (QED) is 0.765. The maximum atomic E-state index is 13.0. The minimum atomic E-state index is -0.409. The van der Waals surface area contributed by atoms with Gasteiger partial charge >= 0.3 is 0 Å². The molecule has 2 aromatic rings. The molecule has 0 radical (unpaired) electrons. The second-order valence-electron chi connectivity index (χ2n) is 6.67. The average Bonchev–Trinajstić information content (AvgIpc) is 3.02. The molecule has 0 N–H and O–H groups in total. The van der Waals surface area contributed by atoms with Crippen LogP contribution in [-0.2, 0) is 9.59 Å². The number of amides is 2. The van der Waals surface area contributed by atoms with Crippen molar-refractivity contribution < 1.29 is 14.3 Å². The molecule has 7 nitrogen and oxygen atoms in total. The molecule has 2 saturated heterocycles. The number of pyridine rings is 1. The summed E-state index contributed by atoms with van der Waals surface area (Å²) in [7, 11) is 1.54. The van der Waals surface area contributed by atoms with Crippen LogP contribution < -0.4 is 14.5 Å². The minimum Gasteiger partial charge on any atom is -0.495 e. The summed E-state index contributed by atoms with van der Waals surface area (Å²) in [5.41, 5.74) is 0.518. The molecular weight excluding hydrogens is 344 g/mol. The zero-order chi connectivity index (χ0) is 18.8. The first-order chi connectivity index (χ1) is 13.2. The molecule has 0 aliphatic carbocycles. The van der Waals surface area contributed by atoms with Crippen LogP contribution in [0.25, 0.3) is 0 Å². The molecule has 1 unspecified atom stereocenters. The van der Waals surface area contributed by atoms with Gasteiger partial charge in [-0.2, -0.15) is 0 Å². The fourth-order valence-corrected chi connectivity index (χ4v) is 3.77. The van der Waals surface area contributed by atoms with Crippen LogP contribution in [0.2, 0.25) is 0 Å². The van der Waals surface area contributed by atoms with Crippen LogP contribution >= 0.6 is 0 Å². The predicted octanol–water partition coefficient (Wildman–Crippen LogP) is 1.54. The van der Waals surface area contributed by atoms with Gasteiger partial charge in [0.15, 0.2) is 0 Å². The number of benzene rings is 1. The number of methoxy groups -OCH3 is 1. The van der Waals surface area contributed by atoms with E-state index in [4.69, 9.17) is 4.74 Å². The second-order valence-corrected chi connectivity index (χ2v) is 6.67. The first-order valence-corrected chi connectivity index (χ1v) is 9.09. The number of carbonyl (C=O) groups is 2. The number of piperazine rings is 1. The van der Waals surface area contributed by atoms with Crippen molar-refractivity contribution in [3.05, 3.63) is 48.7 Å². The zero-order valence-electron chi connectivity index (χ0n) is 15.2. The first-order valence-electron chi connectivity index (χ1n) is 9.09. The summed E-state index contributed by atoms with van der Waals surface area (Å²) in [6.07, 6.45) is 1.99. The number of anilines is 2. The molecule has 4 rings (SSSR count). The summed E-state index contributed by atoms with van der Waals surface area (Å²) in [5.74, 6) is 1.12. The van der Waals surface area contributed by atoms with Crippen LogP contribution in [0.5, 0.6) is 5.75 Å². The van der Waals surface area contributed by atoms with Gasteiger partial charge in [-0.25, -0.2) is 9.88 Å². The summed E-state index contributed by atoms with van der Waals surface area (Å²) in [6.45, 7) is 3.01. The van der Waals surface area contributed by atoms with Crippen molar-refractivity contribution in [2.24, 2.45) is 0 Å². The summed E-state index contributed by atoms with van der Waals surface area (Å²) < 4.78 is 5.32. The number of nitrogens with zero attached hydrogens (tertiary/aromatic N) is 4. The Bertz CT molecular complexity index is 834. The smallest absolute Gasteiger partial charge is 0.251 e. The molecule has 1 aromatic carbocycles. The van der Waals surface area contributed by atoms with Gasteiger partial charge in [-0.1, -0.05) is 18.2 Å². The molecule has 2 aliphatic heterocycles. The van der Waals surface area contributed by atoms with Gasteiger partial charge in [-0.05, 0) is 24.3 Å². The molecule has 2 aliphatic rings. The Kier molecular flexibility index (Phi) is 4.77. The third kappa shape index (κ3) is 3.26. The van der Waals surface area contributed by atoms with E-state index in [9.17, 15) is 9.59 Å². The summed E-state index contributed by atoms with van der Waals surface area (Å²) in [6, 6.07) is 12.6. The fourth-order valence-electron chi connectivity index (χ4n) is 3.77. The van der Waals surface area contributed by atoms with Crippen molar-refractivity contribution in [3.8, 4) is 5.75 Å². The summed E-state index contributed by atoms with van der Waals surface area (Å²) in [5, 5.41) is 0. The van der Waals surface area contributed by atoms with Crippen LogP contribution in [0, 0.1) is 0 Å². The standard InChI is InChI=1S/C20H22N4O3/c1-27-17-7-3-2-6-15(17)24-19(25)14-16(20(24)26)22-10-12-23(13-11-22)18-8-4-5-9-21-18/h2-9,16H,10-14H2,1H3. The number of imide groups is 1. The van der Waals surface area contributed by atoms with Crippen molar-refractivity contribution in [2.75, 3.05) is 43.1 Å². The lowest BCUT2D eigenvalue weighted by atomic mass is 10.1. The minimum absolute atomic E-state index is 0.171. The van der Waals surface area contributed by atoms with E-state index in [1.54, 1.807) is 24.4 Å². The number of hydrogen-bond donors (Lipinski definition) is 0. The van der Waals surface area contributed by atoms with Crippen molar-refractivity contribution in [1.29, 1.82) is 0 Å². The highest BCUT2D eigenvalue weighted by molar-refractivity contribution is 6.23. The molecule has 140 valence electrons. The van der Waals surface area contributed by atoms with Gasteiger partial charge in [0, 0.05) is 32.4 Å². The molecule has 7 heteroatoms. The van der Waals surface area contributed by atoms with Crippen molar-refractivity contribution in [3.63, 3.8) is 0 Å². The van der Waals surface area contributed by atoms with Crippen molar-refractivity contribution >= 4 is 23.3 Å². The van der Waals surface area contributed by atoms with Crippen LogP contribution in [0.1, 0.15) is 6.42 Å². The molecule has 1 atom stereocenters. The molecule has 2 fully saturated rings. The van der Waals surface area contributed by atoms with E-state index in [0.29, 0.717) is 11.4 Å². The lowest BCUT2D eigenvalue weighted by molar-refractivity contribution is -0.123. The zero-order valence-corrected chi connectivity index (χ0v) is 15.2. The van der Waals surface area contributed by atoms with Crippen LogP contribution in [0.3, 0.4) is 0 Å². The highest BCUT2D eigenvalue weighted by atomic mass is 16.5. The molecule has 2 amide bonds. The van der Waals surface area contributed by atoms with Gasteiger partial charge in [-0.3, -0.25) is 14.5 Å². The molecule has 0 saturated carbocycles. The van der Waals surface area contributed by atoms with Crippen molar-refractivity contribution in [2.45, 2.75) is 12.5 Å². The average molecular weight is 366 g/mol. The molecule has 27 heavy (non-hydrogen) atoms. The lowest BCUT2D eigenvalue weighted by Crippen LogP contribution is -2.52. The van der Waals surface area contributed by atoms with E-state index in [1.807, 2.05) is 24.3 Å². The Balaban J connectivity index is 1.47. The van der Waals surface area contributed by atoms with Gasteiger partial charge in [0.25, 0.3) is 5.91 Å².